The molecule has 0 spiro atoms. The fraction of sp³-hybridized carbons (Fsp3) is 0.455. The second-order valence-electron chi connectivity index (χ2n) is 3.65. The summed E-state index contributed by atoms with van der Waals surface area (Å²) in [5.41, 5.74) is 1.91. The fourth-order valence-electron chi connectivity index (χ4n) is 2.07. The number of ether oxygens (including phenoxy) is 1. The summed E-state index contributed by atoms with van der Waals surface area (Å²) in [4.78, 5) is 22.4. The zero-order valence-electron chi connectivity index (χ0n) is 8.66. The summed E-state index contributed by atoms with van der Waals surface area (Å²) < 4.78 is 6.56. The van der Waals surface area contributed by atoms with Gasteiger partial charge in [-0.25, -0.2) is 4.79 Å². The molecule has 0 saturated heterocycles. The highest BCUT2D eigenvalue weighted by Crippen LogP contribution is 2.22. The third kappa shape index (κ3) is 1.56. The van der Waals surface area contributed by atoms with Crippen molar-refractivity contribution in [2.75, 3.05) is 7.11 Å². The maximum absolute atomic E-state index is 11.4. The van der Waals surface area contributed by atoms with Crippen LogP contribution >= 0.6 is 0 Å². The van der Waals surface area contributed by atoms with Crippen molar-refractivity contribution < 1.29 is 14.3 Å². The van der Waals surface area contributed by atoms with Crippen molar-refractivity contribution in [1.82, 2.24) is 4.57 Å². The summed E-state index contributed by atoms with van der Waals surface area (Å²) in [5, 5.41) is 0. The molecule has 0 aliphatic carbocycles. The number of carbonyl (C=O) groups excluding carboxylic acids is 2. The molecule has 1 aromatic rings. The van der Waals surface area contributed by atoms with Crippen molar-refractivity contribution in [2.45, 2.75) is 25.8 Å². The zero-order chi connectivity index (χ0) is 10.8. The molecular formula is C11H13NO3. The lowest BCUT2D eigenvalue weighted by Crippen LogP contribution is -2.13. The zero-order valence-corrected chi connectivity index (χ0v) is 8.66. The van der Waals surface area contributed by atoms with E-state index in [1.807, 2.05) is 4.57 Å². The molecule has 1 aromatic heterocycles. The highest BCUT2D eigenvalue weighted by Gasteiger charge is 2.21. The van der Waals surface area contributed by atoms with Gasteiger partial charge >= 0.3 is 5.97 Å². The number of esters is 1. The van der Waals surface area contributed by atoms with Gasteiger partial charge in [0.15, 0.2) is 6.29 Å². The van der Waals surface area contributed by atoms with Crippen LogP contribution in [0.4, 0.5) is 0 Å². The van der Waals surface area contributed by atoms with Gasteiger partial charge in [0.25, 0.3) is 0 Å². The summed E-state index contributed by atoms with van der Waals surface area (Å²) in [6.07, 6.45) is 3.84. The first-order valence-electron chi connectivity index (χ1n) is 5.04. The predicted octanol–water partition coefficient (Wildman–Crippen LogP) is 1.42. The summed E-state index contributed by atoms with van der Waals surface area (Å²) in [6.45, 7) is 0.820. The summed E-state index contributed by atoms with van der Waals surface area (Å²) >= 11 is 0. The lowest BCUT2D eigenvalue weighted by molar-refractivity contribution is 0.0598. The van der Waals surface area contributed by atoms with Crippen LogP contribution in [0.25, 0.3) is 0 Å². The number of hydrogen-bond acceptors (Lipinski definition) is 3. The SMILES string of the molecule is COC(=O)c1cc2n(c1C=O)CCCC2. The average molecular weight is 207 g/mol. The van der Waals surface area contributed by atoms with Crippen LogP contribution in [-0.2, 0) is 17.7 Å². The smallest absolute Gasteiger partial charge is 0.340 e. The van der Waals surface area contributed by atoms with E-state index in [0.29, 0.717) is 11.3 Å². The Morgan fingerprint density at radius 3 is 3.00 bits per heavy atom. The second-order valence-corrected chi connectivity index (χ2v) is 3.65. The minimum Gasteiger partial charge on any atom is -0.465 e. The van der Waals surface area contributed by atoms with E-state index in [2.05, 4.69) is 4.74 Å². The molecule has 0 fully saturated rings. The maximum atomic E-state index is 11.4. The molecule has 0 radical (unpaired) electrons. The number of carbonyl (C=O) groups is 2. The van der Waals surface area contributed by atoms with E-state index < -0.39 is 5.97 Å². The van der Waals surface area contributed by atoms with Crippen LogP contribution < -0.4 is 0 Å². The number of methoxy groups -OCH3 is 1. The highest BCUT2D eigenvalue weighted by atomic mass is 16.5. The van der Waals surface area contributed by atoms with E-state index in [0.717, 1.165) is 37.8 Å². The number of rotatable bonds is 2. The third-order valence-electron chi connectivity index (χ3n) is 2.81. The standard InChI is InChI=1S/C11H13NO3/c1-15-11(14)9-6-8-4-2-3-5-12(8)10(9)7-13/h6-7H,2-5H2,1H3. The monoisotopic (exact) mass is 207 g/mol. The van der Waals surface area contributed by atoms with Crippen molar-refractivity contribution in [2.24, 2.45) is 0 Å². The molecule has 4 nitrogen and oxygen atoms in total. The van der Waals surface area contributed by atoms with Crippen molar-refractivity contribution in [1.29, 1.82) is 0 Å². The van der Waals surface area contributed by atoms with Gasteiger partial charge in [-0.3, -0.25) is 4.79 Å². The van der Waals surface area contributed by atoms with Gasteiger partial charge in [0.2, 0.25) is 0 Å². The van der Waals surface area contributed by atoms with Crippen LogP contribution in [0.3, 0.4) is 0 Å². The van der Waals surface area contributed by atoms with E-state index in [1.54, 1.807) is 6.07 Å². The molecule has 0 bridgehead atoms. The van der Waals surface area contributed by atoms with Crippen molar-refractivity contribution in [3.8, 4) is 0 Å². The van der Waals surface area contributed by atoms with Crippen LogP contribution in [0.1, 0.15) is 39.4 Å². The Kier molecular flexibility index (Phi) is 2.58. The Balaban J connectivity index is 2.51. The fourth-order valence-corrected chi connectivity index (χ4v) is 2.07. The number of aryl methyl sites for hydroxylation is 1. The molecule has 1 aliphatic heterocycles. The van der Waals surface area contributed by atoms with Crippen LogP contribution in [0.2, 0.25) is 0 Å². The molecule has 0 atom stereocenters. The molecule has 0 amide bonds. The van der Waals surface area contributed by atoms with Gasteiger partial charge in [-0.1, -0.05) is 0 Å². The molecule has 2 rings (SSSR count). The minimum atomic E-state index is -0.431. The first-order chi connectivity index (χ1) is 7.27. The third-order valence-corrected chi connectivity index (χ3v) is 2.81. The number of aldehydes is 1. The largest absolute Gasteiger partial charge is 0.465 e. The molecule has 80 valence electrons. The van der Waals surface area contributed by atoms with Crippen molar-refractivity contribution >= 4 is 12.3 Å². The quantitative estimate of drug-likeness (QED) is 0.544. The summed E-state index contributed by atoms with van der Waals surface area (Å²) in [5.74, 6) is -0.431. The predicted molar refractivity (Wildman–Crippen MR) is 54.1 cm³/mol. The first-order valence-corrected chi connectivity index (χ1v) is 5.04. The normalized spacial score (nSPS) is 14.5. The van der Waals surface area contributed by atoms with Crippen LogP contribution in [0, 0.1) is 0 Å². The van der Waals surface area contributed by atoms with Crippen molar-refractivity contribution in [3.05, 3.63) is 23.0 Å². The Bertz CT molecular complexity index is 406. The summed E-state index contributed by atoms with van der Waals surface area (Å²) in [6, 6.07) is 1.77. The van der Waals surface area contributed by atoms with Crippen LogP contribution in [0.5, 0.6) is 0 Å². The maximum Gasteiger partial charge on any atom is 0.340 e. The molecular weight excluding hydrogens is 194 g/mol. The highest BCUT2D eigenvalue weighted by molar-refractivity contribution is 5.97. The minimum absolute atomic E-state index is 0.393. The molecule has 0 unspecified atom stereocenters. The molecule has 4 heteroatoms. The van der Waals surface area contributed by atoms with E-state index in [1.165, 1.54) is 7.11 Å². The average Bonchev–Trinajstić information content (AvgIpc) is 2.66. The van der Waals surface area contributed by atoms with E-state index in [-0.39, 0.29) is 0 Å². The topological polar surface area (TPSA) is 48.3 Å². The molecule has 0 aromatic carbocycles. The van der Waals surface area contributed by atoms with Gasteiger partial charge in [0, 0.05) is 12.2 Å². The van der Waals surface area contributed by atoms with Gasteiger partial charge in [0.05, 0.1) is 18.4 Å². The first kappa shape index (κ1) is 9.96. The molecule has 0 saturated carbocycles. The lowest BCUT2D eigenvalue weighted by Gasteiger charge is -2.15. The Morgan fingerprint density at radius 1 is 1.53 bits per heavy atom. The van der Waals surface area contributed by atoms with E-state index in [9.17, 15) is 9.59 Å². The van der Waals surface area contributed by atoms with Gasteiger partial charge < -0.3 is 9.30 Å². The molecule has 2 heterocycles. The molecule has 1 aliphatic rings. The number of nitrogens with zero attached hydrogens (tertiary/aromatic N) is 1. The number of hydrogen-bond donors (Lipinski definition) is 0. The number of aromatic nitrogens is 1. The molecule has 15 heavy (non-hydrogen) atoms. The second kappa shape index (κ2) is 3.88. The van der Waals surface area contributed by atoms with Crippen LogP contribution in [0.15, 0.2) is 6.07 Å². The van der Waals surface area contributed by atoms with E-state index >= 15 is 0 Å². The number of fused-ring (bicyclic) bond motifs is 1. The van der Waals surface area contributed by atoms with Crippen LogP contribution in [-0.4, -0.2) is 23.9 Å². The van der Waals surface area contributed by atoms with Crippen molar-refractivity contribution in [3.63, 3.8) is 0 Å². The van der Waals surface area contributed by atoms with Gasteiger partial charge in [-0.15, -0.1) is 0 Å². The summed E-state index contributed by atoms with van der Waals surface area (Å²) in [7, 11) is 1.33. The Labute approximate surface area is 87.8 Å². The van der Waals surface area contributed by atoms with Gasteiger partial charge in [-0.2, -0.15) is 0 Å². The lowest BCUT2D eigenvalue weighted by atomic mass is 10.1. The van der Waals surface area contributed by atoms with Gasteiger partial charge in [-0.05, 0) is 25.3 Å². The Hall–Kier alpha value is -1.58. The molecule has 0 N–H and O–H groups in total. The Morgan fingerprint density at radius 2 is 2.33 bits per heavy atom. The van der Waals surface area contributed by atoms with Gasteiger partial charge in [0.1, 0.15) is 0 Å². The van der Waals surface area contributed by atoms with E-state index in [4.69, 9.17) is 0 Å².